The van der Waals surface area contributed by atoms with Gasteiger partial charge in [-0.3, -0.25) is 19.8 Å². The summed E-state index contributed by atoms with van der Waals surface area (Å²) in [6.07, 6.45) is 0. The van der Waals surface area contributed by atoms with E-state index in [4.69, 9.17) is 16.3 Å². The van der Waals surface area contributed by atoms with E-state index in [0.29, 0.717) is 34.0 Å². The number of hydrogen-bond donors (Lipinski definition) is 3. The van der Waals surface area contributed by atoms with E-state index in [9.17, 15) is 14.4 Å². The highest BCUT2D eigenvalue weighted by Crippen LogP contribution is 2.24. The highest BCUT2D eigenvalue weighted by atomic mass is 35.5. The number of anilines is 1. The Kier molecular flexibility index (Phi) is 7.32. The number of rotatable bonds is 7. The molecule has 3 N–H and O–H groups in total. The Labute approximate surface area is 206 Å². The standard InChI is InChI=1S/C26H23ClN4O4/c1-2-35-21-11-9-20(10-12-21)29-24(32)23-15-18-14-19(27)8-13-22(18)31(23)30-26(34)25(33)28-16-17-6-4-3-5-7-17/h3-15H,2,16H2,1H3,(H,28,33)(H,29,32)(H,30,34). The molecule has 9 heteroatoms. The fourth-order valence-corrected chi connectivity index (χ4v) is 3.66. The van der Waals surface area contributed by atoms with Gasteiger partial charge in [-0.1, -0.05) is 41.9 Å². The van der Waals surface area contributed by atoms with Gasteiger partial charge in [-0.15, -0.1) is 0 Å². The highest BCUT2D eigenvalue weighted by Gasteiger charge is 2.21. The van der Waals surface area contributed by atoms with Crippen LogP contribution in [0, 0.1) is 0 Å². The molecule has 0 unspecified atom stereocenters. The van der Waals surface area contributed by atoms with Crippen molar-refractivity contribution in [2.75, 3.05) is 17.3 Å². The normalized spacial score (nSPS) is 10.6. The molecular weight excluding hydrogens is 468 g/mol. The summed E-state index contributed by atoms with van der Waals surface area (Å²) in [7, 11) is 0. The van der Waals surface area contributed by atoms with Crippen LogP contribution in [0.3, 0.4) is 0 Å². The minimum atomic E-state index is -0.913. The Morgan fingerprint density at radius 2 is 1.66 bits per heavy atom. The maximum absolute atomic E-state index is 13.1. The predicted molar refractivity (Wildman–Crippen MR) is 135 cm³/mol. The molecule has 3 amide bonds. The number of benzene rings is 3. The van der Waals surface area contributed by atoms with Gasteiger partial charge in [0, 0.05) is 22.6 Å². The van der Waals surface area contributed by atoms with Crippen LogP contribution in [0.5, 0.6) is 5.75 Å². The van der Waals surface area contributed by atoms with Crippen molar-refractivity contribution in [3.63, 3.8) is 0 Å². The van der Waals surface area contributed by atoms with Crippen LogP contribution in [0.1, 0.15) is 23.0 Å². The van der Waals surface area contributed by atoms with Gasteiger partial charge in [0.2, 0.25) is 0 Å². The zero-order chi connectivity index (χ0) is 24.8. The molecule has 4 aromatic rings. The van der Waals surface area contributed by atoms with E-state index in [0.717, 1.165) is 5.56 Å². The molecule has 1 heterocycles. The molecule has 0 spiro atoms. The molecule has 0 bridgehead atoms. The number of carbonyl (C=O) groups excluding carboxylic acids is 3. The average Bonchev–Trinajstić information content (AvgIpc) is 3.21. The molecule has 0 radical (unpaired) electrons. The number of aromatic nitrogens is 1. The van der Waals surface area contributed by atoms with Crippen molar-refractivity contribution in [3.05, 3.63) is 95.1 Å². The van der Waals surface area contributed by atoms with Crippen molar-refractivity contribution >= 4 is 45.9 Å². The highest BCUT2D eigenvalue weighted by molar-refractivity contribution is 6.38. The molecule has 35 heavy (non-hydrogen) atoms. The van der Waals surface area contributed by atoms with Gasteiger partial charge in [0.05, 0.1) is 12.1 Å². The Balaban J connectivity index is 1.54. The summed E-state index contributed by atoms with van der Waals surface area (Å²) in [5, 5.41) is 6.46. The summed E-state index contributed by atoms with van der Waals surface area (Å²) < 4.78 is 6.70. The van der Waals surface area contributed by atoms with Crippen molar-refractivity contribution in [2.24, 2.45) is 0 Å². The van der Waals surface area contributed by atoms with Gasteiger partial charge in [-0.25, -0.2) is 4.68 Å². The summed E-state index contributed by atoms with van der Waals surface area (Å²) in [5.74, 6) is -1.54. The third-order valence-electron chi connectivity index (χ3n) is 5.13. The molecule has 1 aromatic heterocycles. The summed E-state index contributed by atoms with van der Waals surface area (Å²) in [4.78, 5) is 38.2. The van der Waals surface area contributed by atoms with E-state index in [1.54, 1.807) is 48.5 Å². The molecule has 0 aliphatic carbocycles. The molecule has 3 aromatic carbocycles. The van der Waals surface area contributed by atoms with Gasteiger partial charge < -0.3 is 15.4 Å². The molecule has 0 aliphatic heterocycles. The zero-order valence-corrected chi connectivity index (χ0v) is 19.6. The Bertz CT molecular complexity index is 1370. The first-order valence-corrected chi connectivity index (χ1v) is 11.3. The van der Waals surface area contributed by atoms with Gasteiger partial charge >= 0.3 is 11.8 Å². The maximum atomic E-state index is 13.1. The topological polar surface area (TPSA) is 101 Å². The summed E-state index contributed by atoms with van der Waals surface area (Å²) in [5.41, 5.74) is 4.55. The first kappa shape index (κ1) is 23.8. The lowest BCUT2D eigenvalue weighted by Gasteiger charge is -2.13. The van der Waals surface area contributed by atoms with E-state index in [1.807, 2.05) is 37.3 Å². The molecule has 178 valence electrons. The third-order valence-corrected chi connectivity index (χ3v) is 5.37. The van der Waals surface area contributed by atoms with Gasteiger partial charge in [-0.05, 0) is 61.0 Å². The molecule has 8 nitrogen and oxygen atoms in total. The first-order chi connectivity index (χ1) is 16.9. The largest absolute Gasteiger partial charge is 0.494 e. The SMILES string of the molecule is CCOc1ccc(NC(=O)c2cc3cc(Cl)ccc3n2NC(=O)C(=O)NCc2ccccc2)cc1. The quantitative estimate of drug-likeness (QED) is 0.335. The second-order valence-electron chi connectivity index (χ2n) is 7.59. The lowest BCUT2D eigenvalue weighted by molar-refractivity contribution is -0.136. The Morgan fingerprint density at radius 3 is 2.37 bits per heavy atom. The maximum Gasteiger partial charge on any atom is 0.328 e. The van der Waals surface area contributed by atoms with Crippen molar-refractivity contribution < 1.29 is 19.1 Å². The Hall–Kier alpha value is -4.30. The van der Waals surface area contributed by atoms with Crippen LogP contribution in [0.15, 0.2) is 78.9 Å². The first-order valence-electron chi connectivity index (χ1n) is 10.9. The van der Waals surface area contributed by atoms with Crippen LogP contribution in [-0.2, 0) is 16.1 Å². The minimum absolute atomic E-state index is 0.125. The van der Waals surface area contributed by atoms with Gasteiger partial charge in [-0.2, -0.15) is 0 Å². The number of halogens is 1. The van der Waals surface area contributed by atoms with E-state index in [2.05, 4.69) is 16.1 Å². The fraction of sp³-hybridized carbons (Fsp3) is 0.115. The van der Waals surface area contributed by atoms with E-state index in [-0.39, 0.29) is 12.2 Å². The lowest BCUT2D eigenvalue weighted by atomic mass is 10.2. The monoisotopic (exact) mass is 490 g/mol. The number of ether oxygens (including phenoxy) is 1. The van der Waals surface area contributed by atoms with Gasteiger partial charge in [0.1, 0.15) is 11.4 Å². The summed E-state index contributed by atoms with van der Waals surface area (Å²) >= 11 is 6.11. The van der Waals surface area contributed by atoms with Crippen LogP contribution in [0.4, 0.5) is 5.69 Å². The van der Waals surface area contributed by atoms with Crippen molar-refractivity contribution in [3.8, 4) is 5.75 Å². The molecule has 0 saturated carbocycles. The molecule has 4 rings (SSSR count). The molecule has 0 saturated heterocycles. The predicted octanol–water partition coefficient (Wildman–Crippen LogP) is 4.33. The van der Waals surface area contributed by atoms with Gasteiger partial charge in [0.15, 0.2) is 0 Å². The van der Waals surface area contributed by atoms with Gasteiger partial charge in [0.25, 0.3) is 5.91 Å². The molecule has 0 atom stereocenters. The second kappa shape index (κ2) is 10.8. The number of hydrogen-bond acceptors (Lipinski definition) is 4. The number of amides is 3. The van der Waals surface area contributed by atoms with Crippen LogP contribution in [-0.4, -0.2) is 29.0 Å². The van der Waals surface area contributed by atoms with Crippen molar-refractivity contribution in [1.29, 1.82) is 0 Å². The van der Waals surface area contributed by atoms with E-state index >= 15 is 0 Å². The smallest absolute Gasteiger partial charge is 0.328 e. The van der Waals surface area contributed by atoms with Crippen LogP contribution in [0.25, 0.3) is 10.9 Å². The third kappa shape index (κ3) is 5.80. The molecular formula is C26H23ClN4O4. The van der Waals surface area contributed by atoms with Crippen LogP contribution in [0.2, 0.25) is 5.02 Å². The zero-order valence-electron chi connectivity index (χ0n) is 18.9. The summed E-state index contributed by atoms with van der Waals surface area (Å²) in [6.45, 7) is 2.62. The fourth-order valence-electron chi connectivity index (χ4n) is 3.48. The average molecular weight is 491 g/mol. The lowest BCUT2D eigenvalue weighted by Crippen LogP contribution is -2.39. The molecule has 0 fully saturated rings. The minimum Gasteiger partial charge on any atom is -0.494 e. The number of nitrogens with one attached hydrogen (secondary N) is 3. The second-order valence-corrected chi connectivity index (χ2v) is 8.03. The van der Waals surface area contributed by atoms with E-state index in [1.165, 1.54) is 4.68 Å². The van der Waals surface area contributed by atoms with Crippen LogP contribution >= 0.6 is 11.6 Å². The number of nitrogens with zero attached hydrogens (tertiary/aromatic N) is 1. The van der Waals surface area contributed by atoms with Crippen molar-refractivity contribution in [1.82, 2.24) is 9.99 Å². The van der Waals surface area contributed by atoms with E-state index < -0.39 is 17.7 Å². The number of fused-ring (bicyclic) bond motifs is 1. The van der Waals surface area contributed by atoms with Crippen LogP contribution < -0.4 is 20.8 Å². The summed E-state index contributed by atoms with van der Waals surface area (Å²) in [6, 6.07) is 22.7. The Morgan fingerprint density at radius 1 is 0.914 bits per heavy atom. The molecule has 0 aliphatic rings. The van der Waals surface area contributed by atoms with Crippen molar-refractivity contribution in [2.45, 2.75) is 13.5 Å². The number of carbonyl (C=O) groups is 3.